The van der Waals surface area contributed by atoms with Crippen LogP contribution in [0.2, 0.25) is 0 Å². The Morgan fingerprint density at radius 2 is 1.80 bits per heavy atom. The number of benzene rings is 3. The minimum absolute atomic E-state index is 0.117. The molecule has 0 saturated carbocycles. The average molecular weight is 565 g/mol. The van der Waals surface area contributed by atoms with Crippen LogP contribution in [0.15, 0.2) is 59.5 Å². The lowest BCUT2D eigenvalue weighted by molar-refractivity contribution is -0.137. The Labute approximate surface area is 235 Å². The lowest BCUT2D eigenvalue weighted by Gasteiger charge is -2.24. The molecule has 0 radical (unpaired) electrons. The molecule has 212 valence electrons. The fourth-order valence-electron chi connectivity index (χ4n) is 5.21. The number of hydrogen-bond acceptors (Lipinski definition) is 6. The van der Waals surface area contributed by atoms with Crippen molar-refractivity contribution in [2.75, 3.05) is 6.54 Å². The lowest BCUT2D eigenvalue weighted by atomic mass is 9.86. The summed E-state index contributed by atoms with van der Waals surface area (Å²) in [5, 5.41) is 18.1. The maximum absolute atomic E-state index is 13.6. The van der Waals surface area contributed by atoms with E-state index in [9.17, 15) is 18.3 Å². The molecule has 1 aliphatic heterocycles. The molecule has 3 aromatic carbocycles. The summed E-state index contributed by atoms with van der Waals surface area (Å²) in [7, 11) is -1.98. The third-order valence-corrected chi connectivity index (χ3v) is 8.92. The highest BCUT2D eigenvalue weighted by atomic mass is 32.2. The predicted octanol–water partition coefficient (Wildman–Crippen LogP) is 5.19. The fraction of sp³-hybridized carbons (Fsp3) is 0.367. The van der Waals surface area contributed by atoms with Crippen molar-refractivity contribution in [2.45, 2.75) is 64.5 Å². The van der Waals surface area contributed by atoms with E-state index in [1.807, 2.05) is 72.0 Å². The van der Waals surface area contributed by atoms with Gasteiger partial charge in [-0.1, -0.05) is 55.5 Å². The molecule has 0 saturated heterocycles. The number of carboxylic acids is 1. The van der Waals surface area contributed by atoms with Crippen molar-refractivity contribution < 1.29 is 23.1 Å². The van der Waals surface area contributed by atoms with E-state index in [4.69, 9.17) is 4.74 Å². The molecule has 1 aromatic heterocycles. The number of ether oxygens (including phenoxy) is 1. The van der Waals surface area contributed by atoms with Crippen LogP contribution in [0.25, 0.3) is 11.0 Å². The zero-order valence-electron chi connectivity index (χ0n) is 23.7. The van der Waals surface area contributed by atoms with E-state index in [1.165, 1.54) is 4.31 Å². The standard InChI is InChI=1S/C28H30N4O5S.C2H6/c1-17-9-10-20(23(14-27(33)34)21-11-18(2)28-24(13-21)29-30-31(28)4)12-22(17)16-32-15-19(3)37-25-7-5-6-8-26(25)38(32,35)36;1-2/h5-13,19,23H,14-16H2,1-4H3,(H,33,34);1-2H3. The summed E-state index contributed by atoms with van der Waals surface area (Å²) in [5.41, 5.74) is 5.91. The number of carbonyl (C=O) groups is 1. The molecule has 0 bridgehead atoms. The van der Waals surface area contributed by atoms with Crippen LogP contribution in [-0.4, -0.2) is 51.4 Å². The number of para-hydroxylation sites is 1. The summed E-state index contributed by atoms with van der Waals surface area (Å²) < 4.78 is 36.2. The zero-order chi connectivity index (χ0) is 29.2. The quantitative estimate of drug-likeness (QED) is 0.343. The number of aromatic nitrogens is 3. The average Bonchev–Trinajstić information content (AvgIpc) is 3.26. The fourth-order valence-corrected chi connectivity index (χ4v) is 6.82. The Morgan fingerprint density at radius 1 is 1.07 bits per heavy atom. The second kappa shape index (κ2) is 11.8. The van der Waals surface area contributed by atoms with Gasteiger partial charge in [0, 0.05) is 19.5 Å². The molecule has 5 rings (SSSR count). The second-order valence-electron chi connectivity index (χ2n) is 9.93. The second-order valence-corrected chi connectivity index (χ2v) is 11.8. The van der Waals surface area contributed by atoms with Gasteiger partial charge in [-0.3, -0.25) is 4.79 Å². The van der Waals surface area contributed by atoms with Crippen LogP contribution in [0.4, 0.5) is 0 Å². The van der Waals surface area contributed by atoms with Crippen molar-refractivity contribution >= 4 is 27.0 Å². The molecule has 40 heavy (non-hydrogen) atoms. The smallest absolute Gasteiger partial charge is 0.304 e. The summed E-state index contributed by atoms with van der Waals surface area (Å²) in [6.07, 6.45) is -0.452. The molecule has 10 heteroatoms. The van der Waals surface area contributed by atoms with Gasteiger partial charge in [0.15, 0.2) is 0 Å². The van der Waals surface area contributed by atoms with Crippen molar-refractivity contribution in [2.24, 2.45) is 7.05 Å². The molecule has 2 heterocycles. The van der Waals surface area contributed by atoms with Gasteiger partial charge in [0.05, 0.1) is 18.5 Å². The lowest BCUT2D eigenvalue weighted by Crippen LogP contribution is -2.35. The first-order chi connectivity index (χ1) is 19.0. The van der Waals surface area contributed by atoms with Crippen LogP contribution < -0.4 is 4.74 Å². The summed E-state index contributed by atoms with van der Waals surface area (Å²) >= 11 is 0. The summed E-state index contributed by atoms with van der Waals surface area (Å²) in [4.78, 5) is 12.1. The van der Waals surface area contributed by atoms with E-state index in [0.717, 1.165) is 33.3 Å². The third-order valence-electron chi connectivity index (χ3n) is 7.07. The molecule has 0 amide bonds. The van der Waals surface area contributed by atoms with Crippen molar-refractivity contribution in [3.8, 4) is 5.75 Å². The monoisotopic (exact) mass is 564 g/mol. The molecule has 0 fully saturated rings. The Morgan fingerprint density at radius 3 is 2.52 bits per heavy atom. The minimum Gasteiger partial charge on any atom is -0.488 e. The van der Waals surface area contributed by atoms with E-state index >= 15 is 0 Å². The molecule has 2 atom stereocenters. The highest BCUT2D eigenvalue weighted by Gasteiger charge is 2.33. The molecule has 1 aliphatic rings. The van der Waals surface area contributed by atoms with Gasteiger partial charge in [0.25, 0.3) is 0 Å². The number of aliphatic carboxylic acids is 1. The van der Waals surface area contributed by atoms with E-state index < -0.39 is 21.9 Å². The van der Waals surface area contributed by atoms with Crippen molar-refractivity contribution in [3.63, 3.8) is 0 Å². The van der Waals surface area contributed by atoms with Crippen LogP contribution in [0, 0.1) is 13.8 Å². The summed E-state index contributed by atoms with van der Waals surface area (Å²) in [6, 6.07) is 16.3. The van der Waals surface area contributed by atoms with Gasteiger partial charge in [-0.25, -0.2) is 13.1 Å². The maximum Gasteiger partial charge on any atom is 0.304 e. The summed E-state index contributed by atoms with van der Waals surface area (Å²) in [6.45, 7) is 10.1. The van der Waals surface area contributed by atoms with Crippen molar-refractivity contribution in [3.05, 3.63) is 82.4 Å². The van der Waals surface area contributed by atoms with E-state index in [0.29, 0.717) is 11.3 Å². The SMILES string of the molecule is CC.Cc1ccc(C(CC(=O)O)c2cc(C)c3c(c2)nnn3C)cc1CN1CC(C)Oc2ccccc2S1(=O)=O. The van der Waals surface area contributed by atoms with Crippen molar-refractivity contribution in [1.82, 2.24) is 19.3 Å². The Hall–Kier alpha value is -3.76. The Bertz CT molecular complexity index is 1650. The minimum atomic E-state index is -3.80. The number of sulfonamides is 1. The topological polar surface area (TPSA) is 115 Å². The largest absolute Gasteiger partial charge is 0.488 e. The molecular formula is C30H36N4O5S. The first-order valence-corrected chi connectivity index (χ1v) is 14.9. The molecule has 0 aliphatic carbocycles. The molecule has 4 aromatic rings. The van der Waals surface area contributed by atoms with Gasteiger partial charge in [-0.15, -0.1) is 5.10 Å². The van der Waals surface area contributed by atoms with Gasteiger partial charge >= 0.3 is 5.97 Å². The van der Waals surface area contributed by atoms with Crippen LogP contribution in [0.3, 0.4) is 0 Å². The van der Waals surface area contributed by atoms with E-state index in [1.54, 1.807) is 28.9 Å². The number of fused-ring (bicyclic) bond motifs is 2. The Kier molecular flexibility index (Phi) is 8.60. The van der Waals surface area contributed by atoms with Gasteiger partial charge in [0.2, 0.25) is 10.0 Å². The number of nitrogens with zero attached hydrogens (tertiary/aromatic N) is 4. The highest BCUT2D eigenvalue weighted by molar-refractivity contribution is 7.89. The van der Waals surface area contributed by atoms with Gasteiger partial charge in [-0.2, -0.15) is 4.31 Å². The number of carboxylic acid groups (broad SMARTS) is 1. The highest BCUT2D eigenvalue weighted by Crippen LogP contribution is 2.35. The van der Waals surface area contributed by atoms with Crippen LogP contribution in [0.1, 0.15) is 60.9 Å². The van der Waals surface area contributed by atoms with Crippen LogP contribution in [-0.2, 0) is 28.4 Å². The van der Waals surface area contributed by atoms with Gasteiger partial charge in [0.1, 0.15) is 22.3 Å². The maximum atomic E-state index is 13.6. The molecule has 1 N–H and O–H groups in total. The summed E-state index contributed by atoms with van der Waals surface area (Å²) in [5.74, 6) is -1.02. The van der Waals surface area contributed by atoms with Crippen molar-refractivity contribution in [1.29, 1.82) is 0 Å². The number of rotatable bonds is 6. The van der Waals surface area contributed by atoms with Gasteiger partial charge < -0.3 is 9.84 Å². The molecular weight excluding hydrogens is 528 g/mol. The normalized spacial score (nSPS) is 17.2. The number of aryl methyl sites for hydroxylation is 3. The van der Waals surface area contributed by atoms with E-state index in [-0.39, 0.29) is 30.5 Å². The first kappa shape index (κ1) is 29.2. The number of hydrogen-bond donors (Lipinski definition) is 1. The van der Waals surface area contributed by atoms with E-state index in [2.05, 4.69) is 10.3 Å². The predicted molar refractivity (Wildman–Crippen MR) is 154 cm³/mol. The third kappa shape index (κ3) is 5.73. The molecule has 9 nitrogen and oxygen atoms in total. The van der Waals surface area contributed by atoms with Crippen LogP contribution >= 0.6 is 0 Å². The van der Waals surface area contributed by atoms with Gasteiger partial charge in [-0.05, 0) is 66.8 Å². The molecule has 0 spiro atoms. The zero-order valence-corrected chi connectivity index (χ0v) is 24.6. The van der Waals surface area contributed by atoms with Crippen LogP contribution in [0.5, 0.6) is 5.75 Å². The Balaban J connectivity index is 0.00000181. The molecule has 2 unspecified atom stereocenters. The first-order valence-electron chi connectivity index (χ1n) is 13.4.